The van der Waals surface area contributed by atoms with Crippen molar-refractivity contribution in [3.63, 3.8) is 0 Å². The van der Waals surface area contributed by atoms with Crippen LogP contribution in [0.25, 0.3) is 0 Å². The molecule has 0 N–H and O–H groups in total. The van der Waals surface area contributed by atoms with Gasteiger partial charge in [-0.1, -0.05) is 24.1 Å². The molecule has 0 heterocycles. The van der Waals surface area contributed by atoms with Crippen molar-refractivity contribution >= 4 is 17.5 Å². The van der Waals surface area contributed by atoms with Gasteiger partial charge in [0, 0.05) is 11.3 Å². The summed E-state index contributed by atoms with van der Waals surface area (Å²) in [5.41, 5.74) is 2.58. The van der Waals surface area contributed by atoms with Gasteiger partial charge in [0.25, 0.3) is 0 Å². The van der Waals surface area contributed by atoms with E-state index in [9.17, 15) is 4.79 Å². The fourth-order valence-electron chi connectivity index (χ4n) is 2.16. The highest BCUT2D eigenvalue weighted by atomic mass is 32.2. The summed E-state index contributed by atoms with van der Waals surface area (Å²) in [5.74, 6) is 0.441. The Kier molecular flexibility index (Phi) is 3.70. The van der Waals surface area contributed by atoms with Crippen LogP contribution in [0, 0.1) is 13.8 Å². The summed E-state index contributed by atoms with van der Waals surface area (Å²) >= 11 is 1.76. The first kappa shape index (κ1) is 11.7. The summed E-state index contributed by atoms with van der Waals surface area (Å²) in [7, 11) is 0. The van der Waals surface area contributed by atoms with Crippen molar-refractivity contribution in [2.75, 3.05) is 0 Å². The molecule has 0 spiro atoms. The molecule has 2 rings (SSSR count). The minimum absolute atomic E-state index is 0.204. The van der Waals surface area contributed by atoms with Gasteiger partial charge in [-0.25, -0.2) is 0 Å². The Bertz CT molecular complexity index is 398. The van der Waals surface area contributed by atoms with Crippen LogP contribution in [-0.2, 0) is 4.79 Å². The van der Waals surface area contributed by atoms with Gasteiger partial charge in [0.05, 0.1) is 5.25 Å². The van der Waals surface area contributed by atoms with E-state index in [1.54, 1.807) is 11.8 Å². The number of benzene rings is 1. The molecule has 1 aliphatic rings. The molecule has 1 aromatic rings. The zero-order valence-electron chi connectivity index (χ0n) is 9.95. The van der Waals surface area contributed by atoms with E-state index < -0.39 is 0 Å². The van der Waals surface area contributed by atoms with Gasteiger partial charge in [-0.2, -0.15) is 0 Å². The van der Waals surface area contributed by atoms with Crippen molar-refractivity contribution in [2.45, 2.75) is 49.7 Å². The topological polar surface area (TPSA) is 17.1 Å². The van der Waals surface area contributed by atoms with Crippen molar-refractivity contribution in [3.05, 3.63) is 29.3 Å². The van der Waals surface area contributed by atoms with E-state index in [2.05, 4.69) is 32.0 Å². The molecule has 0 bridgehead atoms. The molecule has 0 aliphatic heterocycles. The van der Waals surface area contributed by atoms with E-state index in [0.29, 0.717) is 5.78 Å². The number of carbonyl (C=O) groups excluding carboxylic acids is 1. The molecule has 86 valence electrons. The van der Waals surface area contributed by atoms with E-state index in [-0.39, 0.29) is 5.25 Å². The lowest BCUT2D eigenvalue weighted by Crippen LogP contribution is -2.21. The minimum atomic E-state index is 0.204. The van der Waals surface area contributed by atoms with Gasteiger partial charge in [-0.05, 0) is 38.3 Å². The number of rotatable bonds is 2. The van der Waals surface area contributed by atoms with Crippen molar-refractivity contribution in [1.82, 2.24) is 0 Å². The Balaban J connectivity index is 2.10. The number of thioether (sulfide) groups is 1. The Morgan fingerprint density at radius 2 is 2.06 bits per heavy atom. The second kappa shape index (κ2) is 5.05. The van der Waals surface area contributed by atoms with Crippen LogP contribution >= 0.6 is 11.8 Å². The Morgan fingerprint density at radius 1 is 1.25 bits per heavy atom. The van der Waals surface area contributed by atoms with E-state index in [4.69, 9.17) is 0 Å². The second-order valence-corrected chi connectivity index (χ2v) is 5.83. The average molecular weight is 234 g/mol. The zero-order chi connectivity index (χ0) is 11.5. The first-order valence-corrected chi connectivity index (χ1v) is 6.81. The minimum Gasteiger partial charge on any atom is -0.298 e. The van der Waals surface area contributed by atoms with Crippen molar-refractivity contribution in [1.29, 1.82) is 0 Å². The maximum atomic E-state index is 11.8. The number of Topliss-reactive ketones (excluding diaryl/α,β-unsaturated/α-hetero) is 1. The normalized spacial score (nSPS) is 21.1. The number of hydrogen-bond acceptors (Lipinski definition) is 2. The molecule has 0 saturated heterocycles. The molecule has 1 aliphatic carbocycles. The molecule has 0 aromatic heterocycles. The van der Waals surface area contributed by atoms with Gasteiger partial charge in [0.2, 0.25) is 0 Å². The third kappa shape index (κ3) is 2.67. The smallest absolute Gasteiger partial charge is 0.146 e. The van der Waals surface area contributed by atoms with Crippen molar-refractivity contribution < 1.29 is 4.79 Å². The largest absolute Gasteiger partial charge is 0.298 e. The lowest BCUT2D eigenvalue weighted by molar-refractivity contribution is -0.119. The first-order chi connectivity index (χ1) is 7.66. The lowest BCUT2D eigenvalue weighted by Gasteiger charge is -2.20. The standard InChI is InChI=1S/C14H18OS/c1-10-7-8-13(11(2)9-10)16-14-6-4-3-5-12(14)15/h7-9,14H,3-6H2,1-2H3. The fraction of sp³-hybridized carbons (Fsp3) is 0.500. The Labute approximate surface area is 102 Å². The summed E-state index contributed by atoms with van der Waals surface area (Å²) in [6.45, 7) is 4.23. The van der Waals surface area contributed by atoms with E-state index in [0.717, 1.165) is 19.3 Å². The first-order valence-electron chi connectivity index (χ1n) is 5.93. The number of aryl methyl sites for hydroxylation is 2. The molecule has 1 atom stereocenters. The summed E-state index contributed by atoms with van der Waals surface area (Å²) < 4.78 is 0. The second-order valence-electron chi connectivity index (χ2n) is 4.59. The van der Waals surface area contributed by atoms with Crippen LogP contribution in [0.15, 0.2) is 23.1 Å². The molecule has 1 aromatic carbocycles. The van der Waals surface area contributed by atoms with Crippen molar-refractivity contribution in [3.8, 4) is 0 Å². The third-order valence-corrected chi connectivity index (χ3v) is 4.59. The number of hydrogen-bond donors (Lipinski definition) is 0. The van der Waals surface area contributed by atoms with Crippen molar-refractivity contribution in [2.24, 2.45) is 0 Å². The van der Waals surface area contributed by atoms with Crippen LogP contribution in [0.5, 0.6) is 0 Å². The SMILES string of the molecule is Cc1ccc(SC2CCCCC2=O)c(C)c1. The van der Waals surface area contributed by atoms with Crippen LogP contribution in [0.1, 0.15) is 36.8 Å². The van der Waals surface area contributed by atoms with Crippen LogP contribution in [0.4, 0.5) is 0 Å². The van der Waals surface area contributed by atoms with Gasteiger partial charge >= 0.3 is 0 Å². The van der Waals surface area contributed by atoms with Gasteiger partial charge in [0.1, 0.15) is 5.78 Å². The molecule has 1 saturated carbocycles. The maximum absolute atomic E-state index is 11.8. The predicted octanol–water partition coefficient (Wildman–Crippen LogP) is 3.91. The van der Waals surface area contributed by atoms with Gasteiger partial charge in [-0.15, -0.1) is 11.8 Å². The molecule has 16 heavy (non-hydrogen) atoms. The number of ketones is 1. The lowest BCUT2D eigenvalue weighted by atomic mass is 9.99. The highest BCUT2D eigenvalue weighted by Gasteiger charge is 2.23. The molecule has 0 radical (unpaired) electrons. The van der Waals surface area contributed by atoms with Crippen LogP contribution < -0.4 is 0 Å². The van der Waals surface area contributed by atoms with Crippen LogP contribution in [0.2, 0.25) is 0 Å². The monoisotopic (exact) mass is 234 g/mol. The predicted molar refractivity (Wildman–Crippen MR) is 69.0 cm³/mol. The highest BCUT2D eigenvalue weighted by molar-refractivity contribution is 8.00. The maximum Gasteiger partial charge on any atom is 0.146 e. The van der Waals surface area contributed by atoms with Gasteiger partial charge < -0.3 is 0 Å². The molecular weight excluding hydrogens is 216 g/mol. The average Bonchev–Trinajstić information content (AvgIpc) is 2.25. The third-order valence-electron chi connectivity index (χ3n) is 3.10. The van der Waals surface area contributed by atoms with Gasteiger partial charge in [-0.3, -0.25) is 4.79 Å². The molecule has 1 unspecified atom stereocenters. The molecule has 1 nitrogen and oxygen atoms in total. The molecular formula is C14H18OS. The quantitative estimate of drug-likeness (QED) is 0.772. The summed E-state index contributed by atoms with van der Waals surface area (Å²) in [5, 5.41) is 0.204. The number of carbonyl (C=O) groups is 1. The highest BCUT2D eigenvalue weighted by Crippen LogP contribution is 2.33. The molecule has 1 fully saturated rings. The summed E-state index contributed by atoms with van der Waals surface area (Å²) in [6, 6.07) is 6.47. The molecule has 0 amide bonds. The summed E-state index contributed by atoms with van der Waals surface area (Å²) in [6.07, 6.45) is 4.12. The van der Waals surface area contributed by atoms with Gasteiger partial charge in [0.15, 0.2) is 0 Å². The van der Waals surface area contributed by atoms with Crippen LogP contribution in [-0.4, -0.2) is 11.0 Å². The zero-order valence-corrected chi connectivity index (χ0v) is 10.8. The van der Waals surface area contributed by atoms with E-state index >= 15 is 0 Å². The van der Waals surface area contributed by atoms with E-state index in [1.165, 1.54) is 22.4 Å². The Morgan fingerprint density at radius 3 is 2.75 bits per heavy atom. The van der Waals surface area contributed by atoms with E-state index in [1.807, 2.05) is 0 Å². The fourth-order valence-corrected chi connectivity index (χ4v) is 3.39. The molecule has 2 heteroatoms. The Hall–Kier alpha value is -0.760. The summed E-state index contributed by atoms with van der Waals surface area (Å²) in [4.78, 5) is 13.0. The van der Waals surface area contributed by atoms with Crippen LogP contribution in [0.3, 0.4) is 0 Å².